The van der Waals surface area contributed by atoms with Crippen LogP contribution in [0.3, 0.4) is 0 Å². The number of nitrogens with one attached hydrogen (secondary N) is 1. The molecule has 1 heterocycles. The molecule has 0 saturated carbocycles. The fourth-order valence-electron chi connectivity index (χ4n) is 2.08. The standard InChI is InChI=1S/C14H17NO3/c1-3-8-18-11-6-4-10(5-7-11)14(2)9-12(16)15-13(14)17/h4-7H,3,8-9H2,1-2H3,(H,15,16,17). The Morgan fingerprint density at radius 3 is 2.44 bits per heavy atom. The van der Waals surface area contributed by atoms with Gasteiger partial charge in [-0.15, -0.1) is 0 Å². The van der Waals surface area contributed by atoms with Gasteiger partial charge in [0.1, 0.15) is 5.75 Å². The summed E-state index contributed by atoms with van der Waals surface area (Å²) < 4.78 is 5.49. The second-order valence-corrected chi connectivity index (χ2v) is 4.76. The van der Waals surface area contributed by atoms with Crippen LogP contribution >= 0.6 is 0 Å². The van der Waals surface area contributed by atoms with Crippen molar-refractivity contribution < 1.29 is 14.3 Å². The molecule has 4 nitrogen and oxygen atoms in total. The summed E-state index contributed by atoms with van der Waals surface area (Å²) in [5, 5.41) is 2.35. The first-order chi connectivity index (χ1) is 8.56. The van der Waals surface area contributed by atoms with Crippen LogP contribution < -0.4 is 10.1 Å². The molecule has 1 fully saturated rings. The number of hydrogen-bond donors (Lipinski definition) is 1. The topological polar surface area (TPSA) is 55.4 Å². The zero-order valence-electron chi connectivity index (χ0n) is 10.7. The van der Waals surface area contributed by atoms with Gasteiger partial charge in [0.05, 0.1) is 12.0 Å². The maximum atomic E-state index is 11.8. The molecule has 96 valence electrons. The summed E-state index contributed by atoms with van der Waals surface area (Å²) in [6, 6.07) is 7.38. The first-order valence-electron chi connectivity index (χ1n) is 6.14. The van der Waals surface area contributed by atoms with Gasteiger partial charge < -0.3 is 4.74 Å². The highest BCUT2D eigenvalue weighted by atomic mass is 16.5. The lowest BCUT2D eigenvalue weighted by atomic mass is 9.81. The molecule has 2 amide bonds. The normalized spacial score (nSPS) is 23.0. The first-order valence-corrected chi connectivity index (χ1v) is 6.14. The van der Waals surface area contributed by atoms with Crippen molar-refractivity contribution in [2.24, 2.45) is 0 Å². The molecule has 1 aromatic rings. The van der Waals surface area contributed by atoms with Gasteiger partial charge in [0.15, 0.2) is 0 Å². The van der Waals surface area contributed by atoms with E-state index in [2.05, 4.69) is 5.32 Å². The van der Waals surface area contributed by atoms with Crippen LogP contribution in [0.25, 0.3) is 0 Å². The van der Waals surface area contributed by atoms with Crippen LogP contribution in [0, 0.1) is 0 Å². The van der Waals surface area contributed by atoms with E-state index in [4.69, 9.17) is 4.74 Å². The van der Waals surface area contributed by atoms with Crippen molar-refractivity contribution in [3.63, 3.8) is 0 Å². The average molecular weight is 247 g/mol. The Kier molecular flexibility index (Phi) is 3.36. The second kappa shape index (κ2) is 4.80. The van der Waals surface area contributed by atoms with Gasteiger partial charge in [-0.3, -0.25) is 14.9 Å². The lowest BCUT2D eigenvalue weighted by molar-refractivity contribution is -0.126. The lowest BCUT2D eigenvalue weighted by Crippen LogP contribution is -2.32. The second-order valence-electron chi connectivity index (χ2n) is 4.76. The number of benzene rings is 1. The molecule has 1 N–H and O–H groups in total. The van der Waals surface area contributed by atoms with E-state index in [1.165, 1.54) is 0 Å². The van der Waals surface area contributed by atoms with Crippen LogP contribution in [0.4, 0.5) is 0 Å². The van der Waals surface area contributed by atoms with Gasteiger partial charge >= 0.3 is 0 Å². The molecule has 1 aliphatic heterocycles. The highest BCUT2D eigenvalue weighted by Gasteiger charge is 2.43. The van der Waals surface area contributed by atoms with Crippen LogP contribution in [0.15, 0.2) is 24.3 Å². The van der Waals surface area contributed by atoms with E-state index in [-0.39, 0.29) is 18.2 Å². The van der Waals surface area contributed by atoms with Gasteiger partial charge in [0.2, 0.25) is 11.8 Å². The highest BCUT2D eigenvalue weighted by molar-refractivity contribution is 6.08. The van der Waals surface area contributed by atoms with Crippen molar-refractivity contribution in [1.82, 2.24) is 5.32 Å². The minimum absolute atomic E-state index is 0.209. The van der Waals surface area contributed by atoms with Gasteiger partial charge in [0, 0.05) is 6.42 Å². The monoisotopic (exact) mass is 247 g/mol. The number of amides is 2. The van der Waals surface area contributed by atoms with E-state index in [0.717, 1.165) is 17.7 Å². The predicted octanol–water partition coefficient (Wildman–Crippen LogP) is 1.78. The minimum atomic E-state index is -0.750. The van der Waals surface area contributed by atoms with Crippen LogP contribution in [0.2, 0.25) is 0 Å². The zero-order valence-corrected chi connectivity index (χ0v) is 10.7. The number of carbonyl (C=O) groups excluding carboxylic acids is 2. The van der Waals surface area contributed by atoms with E-state index in [1.54, 1.807) is 6.92 Å². The Bertz CT molecular complexity index is 466. The Labute approximate surface area is 106 Å². The summed E-state index contributed by atoms with van der Waals surface area (Å²) in [5.41, 5.74) is 0.0927. The molecular weight excluding hydrogens is 230 g/mol. The fraction of sp³-hybridized carbons (Fsp3) is 0.429. The molecule has 0 aromatic heterocycles. The number of ether oxygens (including phenoxy) is 1. The third-order valence-corrected chi connectivity index (χ3v) is 3.23. The SMILES string of the molecule is CCCOc1ccc(C2(C)CC(=O)NC2=O)cc1. The van der Waals surface area contributed by atoms with E-state index < -0.39 is 5.41 Å². The molecule has 2 rings (SSSR count). The van der Waals surface area contributed by atoms with Crippen LogP contribution in [-0.2, 0) is 15.0 Å². The van der Waals surface area contributed by atoms with Crippen molar-refractivity contribution in [3.05, 3.63) is 29.8 Å². The summed E-state index contributed by atoms with van der Waals surface area (Å²) in [7, 11) is 0. The van der Waals surface area contributed by atoms with Gasteiger partial charge in [-0.2, -0.15) is 0 Å². The Morgan fingerprint density at radius 2 is 1.94 bits per heavy atom. The van der Waals surface area contributed by atoms with Crippen LogP contribution in [-0.4, -0.2) is 18.4 Å². The van der Waals surface area contributed by atoms with Crippen molar-refractivity contribution in [2.75, 3.05) is 6.61 Å². The molecule has 0 bridgehead atoms. The van der Waals surface area contributed by atoms with Gasteiger partial charge in [-0.1, -0.05) is 19.1 Å². The van der Waals surface area contributed by atoms with Crippen molar-refractivity contribution in [3.8, 4) is 5.75 Å². The maximum Gasteiger partial charge on any atom is 0.237 e. The number of rotatable bonds is 4. The van der Waals surface area contributed by atoms with E-state index >= 15 is 0 Å². The molecule has 1 aliphatic rings. The number of carbonyl (C=O) groups is 2. The van der Waals surface area contributed by atoms with Gasteiger partial charge in [-0.25, -0.2) is 0 Å². The quantitative estimate of drug-likeness (QED) is 0.825. The molecule has 1 atom stereocenters. The Balaban J connectivity index is 2.19. The minimum Gasteiger partial charge on any atom is -0.494 e. The molecule has 4 heteroatoms. The van der Waals surface area contributed by atoms with E-state index in [9.17, 15) is 9.59 Å². The zero-order chi connectivity index (χ0) is 13.2. The third kappa shape index (κ3) is 2.23. The van der Waals surface area contributed by atoms with Crippen LogP contribution in [0.1, 0.15) is 32.3 Å². The fourth-order valence-corrected chi connectivity index (χ4v) is 2.08. The average Bonchev–Trinajstić information content (AvgIpc) is 2.62. The van der Waals surface area contributed by atoms with Crippen molar-refractivity contribution >= 4 is 11.8 Å². The molecule has 0 radical (unpaired) electrons. The Hall–Kier alpha value is -1.84. The molecule has 0 spiro atoms. The molecule has 1 saturated heterocycles. The summed E-state index contributed by atoms with van der Waals surface area (Å²) in [4.78, 5) is 23.1. The Morgan fingerprint density at radius 1 is 1.28 bits per heavy atom. The highest BCUT2D eigenvalue weighted by Crippen LogP contribution is 2.32. The molecule has 0 aliphatic carbocycles. The predicted molar refractivity (Wildman–Crippen MR) is 67.3 cm³/mol. The molecule has 18 heavy (non-hydrogen) atoms. The largest absolute Gasteiger partial charge is 0.494 e. The summed E-state index contributed by atoms with van der Waals surface area (Å²) in [6.45, 7) is 4.51. The van der Waals surface area contributed by atoms with Crippen molar-refractivity contribution in [1.29, 1.82) is 0 Å². The van der Waals surface area contributed by atoms with Crippen LogP contribution in [0.5, 0.6) is 5.75 Å². The summed E-state index contributed by atoms with van der Waals surface area (Å²) in [6.07, 6.45) is 1.16. The van der Waals surface area contributed by atoms with Gasteiger partial charge in [-0.05, 0) is 31.0 Å². The number of imide groups is 1. The van der Waals surface area contributed by atoms with E-state index in [0.29, 0.717) is 6.61 Å². The maximum absolute atomic E-state index is 11.8. The number of hydrogen-bond acceptors (Lipinski definition) is 3. The van der Waals surface area contributed by atoms with Gasteiger partial charge in [0.25, 0.3) is 0 Å². The summed E-state index contributed by atoms with van der Waals surface area (Å²) in [5.74, 6) is 0.345. The molecule has 1 aromatic carbocycles. The summed E-state index contributed by atoms with van der Waals surface area (Å²) >= 11 is 0. The first kappa shape index (κ1) is 12.6. The smallest absolute Gasteiger partial charge is 0.237 e. The third-order valence-electron chi connectivity index (χ3n) is 3.23. The molecular formula is C14H17NO3. The van der Waals surface area contributed by atoms with E-state index in [1.807, 2.05) is 31.2 Å². The van der Waals surface area contributed by atoms with Crippen molar-refractivity contribution in [2.45, 2.75) is 32.1 Å². The lowest BCUT2D eigenvalue weighted by Gasteiger charge is -2.20. The molecule has 1 unspecified atom stereocenters.